The lowest BCUT2D eigenvalue weighted by molar-refractivity contribution is 0.385. The van der Waals surface area contributed by atoms with E-state index in [0.29, 0.717) is 23.4 Å². The van der Waals surface area contributed by atoms with Crippen molar-refractivity contribution in [1.82, 2.24) is 14.6 Å². The number of aromatic nitrogens is 3. The average molecular weight is 359 g/mol. The molecular formula is C17H38N6O2. The number of fused-ring (bicyclic) bond motifs is 1. The first kappa shape index (κ1) is 23.1. The molecule has 1 fully saturated rings. The van der Waals surface area contributed by atoms with Gasteiger partial charge in [0.1, 0.15) is 5.52 Å². The van der Waals surface area contributed by atoms with E-state index in [9.17, 15) is 0 Å². The minimum Gasteiger partial charge on any atom is -0.412 e. The first-order valence-corrected chi connectivity index (χ1v) is 8.73. The van der Waals surface area contributed by atoms with E-state index in [1.807, 2.05) is 26.1 Å². The van der Waals surface area contributed by atoms with Gasteiger partial charge in [-0.1, -0.05) is 27.2 Å². The third-order valence-corrected chi connectivity index (χ3v) is 4.42. The van der Waals surface area contributed by atoms with E-state index in [1.165, 1.54) is 6.42 Å². The summed E-state index contributed by atoms with van der Waals surface area (Å²) in [5.41, 5.74) is 11.5. The van der Waals surface area contributed by atoms with Crippen LogP contribution in [0, 0.1) is 17.2 Å². The van der Waals surface area contributed by atoms with Crippen molar-refractivity contribution >= 4 is 11.2 Å². The van der Waals surface area contributed by atoms with Gasteiger partial charge in [0.15, 0.2) is 11.1 Å². The highest BCUT2D eigenvalue weighted by atomic mass is 16.2. The number of H-pyrrole nitrogens is 1. The predicted molar refractivity (Wildman–Crippen MR) is 106 cm³/mol. The predicted octanol–water partition coefficient (Wildman–Crippen LogP) is 1.45. The Kier molecular flexibility index (Phi) is 10.7. The van der Waals surface area contributed by atoms with Crippen molar-refractivity contribution in [3.63, 3.8) is 0 Å². The average Bonchev–Trinajstić information content (AvgIpc) is 3.23. The molecule has 0 saturated heterocycles. The SMILES string of the molecule is CC.CC[C@@H]1C[C@H](N)C[C@@H]1CNn1c(=N)cnc2[nH]ccc21.CO.O.[HH].[HH]. The molecule has 148 valence electrons. The summed E-state index contributed by atoms with van der Waals surface area (Å²) in [5, 5.41) is 15.0. The van der Waals surface area contributed by atoms with Gasteiger partial charge in [0.25, 0.3) is 0 Å². The third kappa shape index (κ3) is 5.55. The molecule has 8 heteroatoms. The van der Waals surface area contributed by atoms with Crippen LogP contribution in [-0.2, 0) is 0 Å². The summed E-state index contributed by atoms with van der Waals surface area (Å²) in [6.07, 6.45) is 6.77. The number of aliphatic hydroxyl groups is 1. The Bertz CT molecular complexity index is 664. The molecule has 0 radical (unpaired) electrons. The van der Waals surface area contributed by atoms with Gasteiger partial charge in [0.2, 0.25) is 0 Å². The van der Waals surface area contributed by atoms with Crippen molar-refractivity contribution < 1.29 is 13.4 Å². The maximum atomic E-state index is 8.00. The van der Waals surface area contributed by atoms with Crippen LogP contribution in [-0.4, -0.2) is 44.9 Å². The van der Waals surface area contributed by atoms with Crippen molar-refractivity contribution in [1.29, 1.82) is 5.41 Å². The summed E-state index contributed by atoms with van der Waals surface area (Å²) in [6.45, 7) is 7.09. The van der Waals surface area contributed by atoms with Crippen molar-refractivity contribution in [3.05, 3.63) is 23.9 Å². The first-order valence-electron chi connectivity index (χ1n) is 8.73. The Labute approximate surface area is 152 Å². The maximum absolute atomic E-state index is 8.00. The zero-order valence-electron chi connectivity index (χ0n) is 15.7. The van der Waals surface area contributed by atoms with Crippen LogP contribution in [0.5, 0.6) is 0 Å². The summed E-state index contributed by atoms with van der Waals surface area (Å²) in [6, 6.07) is 2.27. The molecule has 0 aromatic carbocycles. The third-order valence-electron chi connectivity index (χ3n) is 4.42. The molecule has 1 saturated carbocycles. The lowest BCUT2D eigenvalue weighted by Gasteiger charge is -2.20. The Morgan fingerprint density at radius 1 is 1.40 bits per heavy atom. The quantitative estimate of drug-likeness (QED) is 0.562. The molecule has 0 bridgehead atoms. The van der Waals surface area contributed by atoms with Crippen LogP contribution < -0.4 is 16.6 Å². The Morgan fingerprint density at radius 3 is 2.68 bits per heavy atom. The zero-order valence-corrected chi connectivity index (χ0v) is 15.7. The van der Waals surface area contributed by atoms with E-state index < -0.39 is 0 Å². The lowest BCUT2D eigenvalue weighted by atomic mass is 9.94. The summed E-state index contributed by atoms with van der Waals surface area (Å²) in [5.74, 6) is 1.28. The molecule has 0 aliphatic heterocycles. The van der Waals surface area contributed by atoms with E-state index in [0.717, 1.165) is 37.7 Å². The largest absolute Gasteiger partial charge is 0.412 e. The summed E-state index contributed by atoms with van der Waals surface area (Å²) < 4.78 is 1.80. The monoisotopic (exact) mass is 358 g/mol. The summed E-state index contributed by atoms with van der Waals surface area (Å²) in [4.78, 5) is 7.27. The molecule has 2 aromatic heterocycles. The van der Waals surface area contributed by atoms with Crippen LogP contribution in [0.4, 0.5) is 0 Å². The van der Waals surface area contributed by atoms with Crippen LogP contribution >= 0.6 is 0 Å². The highest BCUT2D eigenvalue weighted by Gasteiger charge is 2.30. The van der Waals surface area contributed by atoms with Gasteiger partial charge >= 0.3 is 0 Å². The van der Waals surface area contributed by atoms with Crippen molar-refractivity contribution in [3.8, 4) is 0 Å². The Morgan fingerprint density at radius 2 is 2.04 bits per heavy atom. The fourth-order valence-electron chi connectivity index (χ4n) is 3.34. The van der Waals surface area contributed by atoms with Crippen molar-refractivity contribution in [2.24, 2.45) is 17.6 Å². The van der Waals surface area contributed by atoms with Crippen LogP contribution in [0.3, 0.4) is 0 Å². The van der Waals surface area contributed by atoms with Gasteiger partial charge < -0.3 is 26.7 Å². The molecule has 2 aromatic rings. The van der Waals surface area contributed by atoms with Gasteiger partial charge in [-0.15, -0.1) is 0 Å². The number of hydrogen-bond donors (Lipinski definition) is 5. The molecule has 8 nitrogen and oxygen atoms in total. The topological polar surface area (TPSA) is 147 Å². The number of aromatic amines is 1. The van der Waals surface area contributed by atoms with E-state index in [4.69, 9.17) is 16.2 Å². The van der Waals surface area contributed by atoms with E-state index in [1.54, 1.807) is 10.9 Å². The molecular weight excluding hydrogens is 320 g/mol. The molecule has 0 unspecified atom stereocenters. The minimum atomic E-state index is 0. The summed E-state index contributed by atoms with van der Waals surface area (Å²) >= 11 is 0. The number of rotatable bonds is 4. The van der Waals surface area contributed by atoms with Gasteiger partial charge in [-0.05, 0) is 30.7 Å². The second-order valence-electron chi connectivity index (χ2n) is 5.71. The van der Waals surface area contributed by atoms with E-state index in [-0.39, 0.29) is 8.33 Å². The van der Waals surface area contributed by atoms with Gasteiger partial charge in [0, 0.05) is 28.7 Å². The normalized spacial score (nSPS) is 21.4. The van der Waals surface area contributed by atoms with E-state index >= 15 is 0 Å². The van der Waals surface area contributed by atoms with Crippen molar-refractivity contribution in [2.75, 3.05) is 19.1 Å². The molecule has 3 rings (SSSR count). The zero-order chi connectivity index (χ0) is 18.1. The minimum absolute atomic E-state index is 0. The van der Waals surface area contributed by atoms with Crippen LogP contribution in [0.1, 0.15) is 42.9 Å². The smallest absolute Gasteiger partial charge is 0.162 e. The second-order valence-corrected chi connectivity index (χ2v) is 5.71. The first-order chi connectivity index (χ1) is 11.7. The second kappa shape index (κ2) is 11.6. The number of nitrogens with two attached hydrogens (primary N) is 1. The molecule has 0 spiro atoms. The number of nitrogens with zero attached hydrogens (tertiary/aromatic N) is 2. The molecule has 3 atom stereocenters. The van der Waals surface area contributed by atoms with Gasteiger partial charge in [-0.3, -0.25) is 5.41 Å². The van der Waals surface area contributed by atoms with E-state index in [2.05, 4.69) is 22.3 Å². The molecule has 1 aliphatic carbocycles. The Hall–Kier alpha value is -1.90. The van der Waals surface area contributed by atoms with Crippen LogP contribution in [0.25, 0.3) is 11.2 Å². The standard InChI is InChI=1S/C14H22N6.C2H6.CH4O.H2O.2H2/c1-2-9-5-11(15)6-10(9)7-19-20-12-3-4-17-14(12)18-8-13(20)16;2*1-2;;;/h3-4,8-11,16-17,19H,2,5-7,15H2,1H3;1-2H3;2H,1H3;1H2;2*1H/t9-,10-,11+;;;;;/m1...../s1. The van der Waals surface area contributed by atoms with Gasteiger partial charge in [-0.2, -0.15) is 0 Å². The maximum Gasteiger partial charge on any atom is 0.162 e. The fourth-order valence-corrected chi connectivity index (χ4v) is 3.34. The molecule has 25 heavy (non-hydrogen) atoms. The van der Waals surface area contributed by atoms with Gasteiger partial charge in [0.05, 0.1) is 6.20 Å². The molecule has 0 amide bonds. The van der Waals surface area contributed by atoms with Gasteiger partial charge in [-0.25, -0.2) is 9.66 Å². The van der Waals surface area contributed by atoms with Crippen molar-refractivity contribution in [2.45, 2.75) is 46.1 Å². The fraction of sp³-hybridized carbons (Fsp3) is 0.647. The number of hydrogen-bond acceptors (Lipinski definition) is 5. The highest BCUT2D eigenvalue weighted by molar-refractivity contribution is 5.70. The Balaban J connectivity index is -0.000000773. The highest BCUT2D eigenvalue weighted by Crippen LogP contribution is 2.32. The number of nitrogens with one attached hydrogen (secondary N) is 3. The summed E-state index contributed by atoms with van der Waals surface area (Å²) in [7, 11) is 1.00. The number of aliphatic hydroxyl groups excluding tert-OH is 1. The molecule has 2 heterocycles. The molecule has 8 N–H and O–H groups in total. The molecule has 1 aliphatic rings. The van der Waals surface area contributed by atoms with Crippen LogP contribution in [0.2, 0.25) is 0 Å². The van der Waals surface area contributed by atoms with Crippen LogP contribution in [0.15, 0.2) is 18.5 Å². The lowest BCUT2D eigenvalue weighted by Crippen LogP contribution is -2.33.